The van der Waals surface area contributed by atoms with Gasteiger partial charge in [-0.25, -0.2) is 13.4 Å². The molecule has 0 bridgehead atoms. The van der Waals surface area contributed by atoms with E-state index in [1.165, 1.54) is 13.1 Å². The molecule has 9 heteroatoms. The number of aliphatic hydroxyl groups excluding tert-OH is 1. The van der Waals surface area contributed by atoms with Gasteiger partial charge >= 0.3 is 0 Å². The Hall–Kier alpha value is -3.40. The number of pyridine rings is 3. The van der Waals surface area contributed by atoms with Gasteiger partial charge in [0.2, 0.25) is 10.0 Å². The molecule has 0 spiro atoms. The molecule has 0 unspecified atom stereocenters. The molecule has 1 aromatic carbocycles. The Kier molecular flexibility index (Phi) is 5.64. The number of likely N-dealkylation sites (N-methyl/N-ethyl adjacent to an activating group) is 1. The summed E-state index contributed by atoms with van der Waals surface area (Å²) in [6.45, 7) is -0.332. The molecule has 0 fully saturated rings. The normalized spacial score (nSPS) is 11.8. The van der Waals surface area contributed by atoms with Crippen LogP contribution in [0.25, 0.3) is 33.2 Å². The molecule has 0 saturated heterocycles. The van der Waals surface area contributed by atoms with E-state index in [0.717, 1.165) is 31.9 Å². The maximum Gasteiger partial charge on any atom is 0.246 e. The second kappa shape index (κ2) is 8.38. The van der Waals surface area contributed by atoms with Gasteiger partial charge in [-0.2, -0.15) is 4.31 Å². The fraction of sp³-hybridized carbons (Fsp3) is 0.136. The van der Waals surface area contributed by atoms with Crippen molar-refractivity contribution in [3.8, 4) is 22.3 Å². The van der Waals surface area contributed by atoms with Crippen LogP contribution >= 0.6 is 0 Å². The summed E-state index contributed by atoms with van der Waals surface area (Å²) in [5, 5.41) is 10.0. The Morgan fingerprint density at radius 2 is 1.74 bits per heavy atom. The average Bonchev–Trinajstić information content (AvgIpc) is 2.79. The highest BCUT2D eigenvalue weighted by atomic mass is 32.2. The number of aromatic nitrogens is 3. The molecule has 158 valence electrons. The molecule has 31 heavy (non-hydrogen) atoms. The smallest absolute Gasteiger partial charge is 0.246 e. The van der Waals surface area contributed by atoms with Crippen molar-refractivity contribution in [2.24, 2.45) is 0 Å². The van der Waals surface area contributed by atoms with Gasteiger partial charge in [0.05, 0.1) is 12.1 Å². The minimum absolute atomic E-state index is 0.0388. The summed E-state index contributed by atoms with van der Waals surface area (Å²) < 4.78 is 26.8. The van der Waals surface area contributed by atoms with E-state index in [-0.39, 0.29) is 23.9 Å². The standard InChI is InChI=1S/C22H21N5O3S/c1-27(10-11-28)31(29,30)21-13-17(14-26-22(21)23)16-2-3-20-19(12-16)18(6-9-25-20)15-4-7-24-8-5-15/h2-9,12-14,28H,10-11H2,1H3,(H2,23,26). The van der Waals surface area contributed by atoms with Gasteiger partial charge in [0, 0.05) is 49.3 Å². The lowest BCUT2D eigenvalue weighted by Crippen LogP contribution is -2.30. The molecule has 0 saturated carbocycles. The SMILES string of the molecule is CN(CCO)S(=O)(=O)c1cc(-c2ccc3nccc(-c4ccncc4)c3c2)cnc1N. The zero-order valence-corrected chi connectivity index (χ0v) is 17.6. The first-order valence-electron chi connectivity index (χ1n) is 9.54. The molecule has 4 rings (SSSR count). The first-order chi connectivity index (χ1) is 14.9. The van der Waals surface area contributed by atoms with E-state index in [4.69, 9.17) is 10.8 Å². The van der Waals surface area contributed by atoms with Crippen molar-refractivity contribution < 1.29 is 13.5 Å². The number of hydrogen-bond acceptors (Lipinski definition) is 7. The molecule has 0 amide bonds. The lowest BCUT2D eigenvalue weighted by atomic mass is 9.98. The van der Waals surface area contributed by atoms with Crippen molar-refractivity contribution in [2.75, 3.05) is 25.9 Å². The Balaban J connectivity index is 1.85. The summed E-state index contributed by atoms with van der Waals surface area (Å²) in [6, 6.07) is 13.0. The van der Waals surface area contributed by atoms with E-state index >= 15 is 0 Å². The number of nitrogens with zero attached hydrogens (tertiary/aromatic N) is 4. The molecule has 3 N–H and O–H groups in total. The molecular formula is C22H21N5O3S. The molecule has 3 heterocycles. The minimum Gasteiger partial charge on any atom is -0.395 e. The average molecular weight is 436 g/mol. The zero-order chi connectivity index (χ0) is 22.0. The third-order valence-electron chi connectivity index (χ3n) is 5.05. The maximum atomic E-state index is 12.9. The van der Waals surface area contributed by atoms with E-state index in [2.05, 4.69) is 15.0 Å². The zero-order valence-electron chi connectivity index (χ0n) is 16.8. The van der Waals surface area contributed by atoms with Gasteiger partial charge in [0.25, 0.3) is 0 Å². The van der Waals surface area contributed by atoms with Crippen LogP contribution < -0.4 is 5.73 Å². The van der Waals surface area contributed by atoms with E-state index in [9.17, 15) is 8.42 Å². The van der Waals surface area contributed by atoms with E-state index < -0.39 is 10.0 Å². The molecule has 8 nitrogen and oxygen atoms in total. The monoisotopic (exact) mass is 435 g/mol. The predicted octanol–water partition coefficient (Wildman–Crippen LogP) is 2.55. The van der Waals surface area contributed by atoms with E-state index in [0.29, 0.717) is 5.56 Å². The number of anilines is 1. The van der Waals surface area contributed by atoms with Crippen molar-refractivity contribution >= 4 is 26.7 Å². The van der Waals surface area contributed by atoms with Gasteiger partial charge in [0.1, 0.15) is 10.7 Å². The van der Waals surface area contributed by atoms with Gasteiger partial charge in [-0.15, -0.1) is 0 Å². The highest BCUT2D eigenvalue weighted by molar-refractivity contribution is 7.89. The van der Waals surface area contributed by atoms with Crippen molar-refractivity contribution in [2.45, 2.75) is 4.90 Å². The van der Waals surface area contributed by atoms with Crippen molar-refractivity contribution in [3.05, 3.63) is 67.3 Å². The van der Waals surface area contributed by atoms with Crippen molar-refractivity contribution in [1.82, 2.24) is 19.3 Å². The van der Waals surface area contributed by atoms with E-state index in [1.54, 1.807) is 24.8 Å². The number of fused-ring (bicyclic) bond motifs is 1. The van der Waals surface area contributed by atoms with Crippen molar-refractivity contribution in [3.63, 3.8) is 0 Å². The predicted molar refractivity (Wildman–Crippen MR) is 120 cm³/mol. The number of hydrogen-bond donors (Lipinski definition) is 2. The van der Waals surface area contributed by atoms with Crippen LogP contribution in [0.4, 0.5) is 5.82 Å². The van der Waals surface area contributed by atoms with Crippen LogP contribution in [0.1, 0.15) is 0 Å². The second-order valence-corrected chi connectivity index (χ2v) is 9.00. The summed E-state index contributed by atoms with van der Waals surface area (Å²) in [5.41, 5.74) is 10.1. The first kappa shape index (κ1) is 20.9. The number of sulfonamides is 1. The molecule has 0 aliphatic heterocycles. The third-order valence-corrected chi connectivity index (χ3v) is 6.94. The van der Waals surface area contributed by atoms with E-state index in [1.807, 2.05) is 36.4 Å². The molecule has 0 aliphatic carbocycles. The first-order valence-corrected chi connectivity index (χ1v) is 11.0. The van der Waals surface area contributed by atoms with Crippen LogP contribution in [0.3, 0.4) is 0 Å². The molecule has 0 atom stereocenters. The van der Waals surface area contributed by atoms with Gasteiger partial charge in [-0.1, -0.05) is 6.07 Å². The lowest BCUT2D eigenvalue weighted by molar-refractivity contribution is 0.266. The Morgan fingerprint density at radius 3 is 2.48 bits per heavy atom. The van der Waals surface area contributed by atoms with Gasteiger partial charge in [0.15, 0.2) is 0 Å². The summed E-state index contributed by atoms with van der Waals surface area (Å²) in [5.74, 6) is -0.0894. The summed E-state index contributed by atoms with van der Waals surface area (Å²) in [7, 11) is -2.50. The fourth-order valence-electron chi connectivity index (χ4n) is 3.36. The highest BCUT2D eigenvalue weighted by Gasteiger charge is 2.24. The number of nitrogen functional groups attached to an aromatic ring is 1. The Labute approximate surface area is 180 Å². The number of aliphatic hydroxyl groups is 1. The van der Waals surface area contributed by atoms with Crippen LogP contribution in [0.2, 0.25) is 0 Å². The van der Waals surface area contributed by atoms with Gasteiger partial charge < -0.3 is 10.8 Å². The largest absolute Gasteiger partial charge is 0.395 e. The maximum absolute atomic E-state index is 12.9. The van der Waals surface area contributed by atoms with Crippen molar-refractivity contribution in [1.29, 1.82) is 0 Å². The lowest BCUT2D eigenvalue weighted by Gasteiger charge is -2.17. The summed E-state index contributed by atoms with van der Waals surface area (Å²) in [6.07, 6.45) is 6.76. The topological polar surface area (TPSA) is 122 Å². The number of benzene rings is 1. The molecule has 0 radical (unpaired) electrons. The quantitative estimate of drug-likeness (QED) is 0.477. The Bertz CT molecular complexity index is 1340. The van der Waals surface area contributed by atoms with Gasteiger partial charge in [-0.3, -0.25) is 9.97 Å². The summed E-state index contributed by atoms with van der Waals surface area (Å²) >= 11 is 0. The fourth-order valence-corrected chi connectivity index (χ4v) is 4.61. The Morgan fingerprint density at radius 1 is 0.968 bits per heavy atom. The van der Waals surface area contributed by atoms with Crippen LogP contribution in [0.15, 0.2) is 72.1 Å². The molecular weight excluding hydrogens is 414 g/mol. The van der Waals surface area contributed by atoms with Crippen LogP contribution in [0.5, 0.6) is 0 Å². The third kappa shape index (κ3) is 3.98. The second-order valence-electron chi connectivity index (χ2n) is 6.98. The molecule has 4 aromatic rings. The number of rotatable bonds is 6. The molecule has 0 aliphatic rings. The van der Waals surface area contributed by atoms with Gasteiger partial charge in [-0.05, 0) is 53.1 Å². The summed E-state index contributed by atoms with van der Waals surface area (Å²) in [4.78, 5) is 12.5. The number of nitrogens with two attached hydrogens (primary N) is 1. The van der Waals surface area contributed by atoms with Crippen LogP contribution in [0, 0.1) is 0 Å². The minimum atomic E-state index is -3.89. The van der Waals surface area contributed by atoms with Crippen LogP contribution in [-0.2, 0) is 10.0 Å². The highest BCUT2D eigenvalue weighted by Crippen LogP contribution is 2.32. The van der Waals surface area contributed by atoms with Crippen LogP contribution in [-0.4, -0.2) is 53.0 Å². The molecule has 3 aromatic heterocycles.